The molecule has 2 aromatic rings. The van der Waals surface area contributed by atoms with Crippen LogP contribution in [0.2, 0.25) is 0 Å². The molecular formula is C14H17FN2S2. The molecule has 0 aliphatic heterocycles. The van der Waals surface area contributed by atoms with Crippen molar-refractivity contribution < 1.29 is 4.39 Å². The van der Waals surface area contributed by atoms with Gasteiger partial charge in [0.1, 0.15) is 5.82 Å². The van der Waals surface area contributed by atoms with Gasteiger partial charge in [-0.05, 0) is 24.6 Å². The van der Waals surface area contributed by atoms with E-state index in [0.717, 1.165) is 21.3 Å². The fourth-order valence-corrected chi connectivity index (χ4v) is 3.38. The Morgan fingerprint density at radius 2 is 2.26 bits per heavy atom. The largest absolute Gasteiger partial charge is 0.312 e. The van der Waals surface area contributed by atoms with Crippen LogP contribution in [0.1, 0.15) is 19.4 Å². The van der Waals surface area contributed by atoms with Crippen molar-refractivity contribution in [3.63, 3.8) is 0 Å². The van der Waals surface area contributed by atoms with Gasteiger partial charge in [-0.3, -0.25) is 0 Å². The maximum absolute atomic E-state index is 13.9. The third-order valence-electron chi connectivity index (χ3n) is 2.54. The number of nitrogens with zero attached hydrogens (tertiary/aromatic N) is 1. The summed E-state index contributed by atoms with van der Waals surface area (Å²) in [7, 11) is 0. The number of rotatable bonds is 6. The molecule has 0 saturated heterocycles. The van der Waals surface area contributed by atoms with E-state index in [9.17, 15) is 4.39 Å². The number of halogens is 1. The van der Waals surface area contributed by atoms with E-state index in [0.29, 0.717) is 12.5 Å². The molecule has 0 saturated carbocycles. The Kier molecular flexibility index (Phi) is 5.36. The first-order chi connectivity index (χ1) is 9.16. The molecule has 102 valence electrons. The van der Waals surface area contributed by atoms with Gasteiger partial charge < -0.3 is 5.32 Å². The van der Waals surface area contributed by atoms with Gasteiger partial charge in [-0.1, -0.05) is 31.7 Å². The van der Waals surface area contributed by atoms with Crippen LogP contribution in [0.25, 0.3) is 0 Å². The molecule has 5 heteroatoms. The minimum absolute atomic E-state index is 0.155. The molecule has 0 radical (unpaired) electrons. The zero-order valence-electron chi connectivity index (χ0n) is 11.0. The van der Waals surface area contributed by atoms with Gasteiger partial charge in [-0.15, -0.1) is 11.3 Å². The van der Waals surface area contributed by atoms with Crippen LogP contribution in [0, 0.1) is 11.7 Å². The summed E-state index contributed by atoms with van der Waals surface area (Å²) >= 11 is 3.09. The summed E-state index contributed by atoms with van der Waals surface area (Å²) in [5.41, 5.74) is 0.725. The van der Waals surface area contributed by atoms with E-state index >= 15 is 0 Å². The van der Waals surface area contributed by atoms with Gasteiger partial charge in [-0.2, -0.15) is 0 Å². The van der Waals surface area contributed by atoms with Crippen LogP contribution in [0.4, 0.5) is 4.39 Å². The van der Waals surface area contributed by atoms with Crippen LogP contribution in [0.15, 0.2) is 39.0 Å². The number of thiazole rings is 1. The first kappa shape index (κ1) is 14.5. The average molecular weight is 296 g/mol. The highest BCUT2D eigenvalue weighted by Crippen LogP contribution is 2.32. The molecule has 1 aromatic carbocycles. The van der Waals surface area contributed by atoms with Gasteiger partial charge in [0, 0.05) is 28.6 Å². The Morgan fingerprint density at radius 1 is 1.42 bits per heavy atom. The molecule has 0 atom stereocenters. The molecule has 19 heavy (non-hydrogen) atoms. The first-order valence-corrected chi connectivity index (χ1v) is 7.92. The number of nitrogens with one attached hydrogen (secondary N) is 1. The summed E-state index contributed by atoms with van der Waals surface area (Å²) in [6, 6.07) is 5.21. The van der Waals surface area contributed by atoms with Gasteiger partial charge in [0.2, 0.25) is 0 Å². The Balaban J connectivity index is 2.11. The quantitative estimate of drug-likeness (QED) is 0.865. The van der Waals surface area contributed by atoms with Crippen LogP contribution in [0.5, 0.6) is 0 Å². The van der Waals surface area contributed by atoms with Crippen molar-refractivity contribution in [3.8, 4) is 0 Å². The van der Waals surface area contributed by atoms with Gasteiger partial charge in [-0.25, -0.2) is 9.37 Å². The third-order valence-corrected chi connectivity index (χ3v) is 4.52. The molecule has 2 nitrogen and oxygen atoms in total. The van der Waals surface area contributed by atoms with E-state index in [4.69, 9.17) is 0 Å². The zero-order chi connectivity index (χ0) is 13.7. The summed E-state index contributed by atoms with van der Waals surface area (Å²) in [5.74, 6) is 0.402. The molecular weight excluding hydrogens is 279 g/mol. The molecule has 1 N–H and O–H groups in total. The van der Waals surface area contributed by atoms with E-state index in [2.05, 4.69) is 24.1 Å². The summed E-state index contributed by atoms with van der Waals surface area (Å²) in [5, 5.41) is 5.22. The Hall–Kier alpha value is -0.910. The average Bonchev–Trinajstić information content (AvgIpc) is 2.85. The third kappa shape index (κ3) is 4.30. The SMILES string of the molecule is CC(C)CNCc1c(F)cccc1Sc1nccs1. The van der Waals surface area contributed by atoms with E-state index in [-0.39, 0.29) is 5.82 Å². The Labute approximate surface area is 121 Å². The van der Waals surface area contributed by atoms with Crippen molar-refractivity contribution in [2.24, 2.45) is 5.92 Å². The lowest BCUT2D eigenvalue weighted by Crippen LogP contribution is -2.20. The number of benzene rings is 1. The van der Waals surface area contributed by atoms with Crippen LogP contribution < -0.4 is 5.32 Å². The Bertz CT molecular complexity index is 512. The minimum atomic E-state index is -0.155. The molecule has 0 fully saturated rings. The molecule has 0 bridgehead atoms. The maximum Gasteiger partial charge on any atom is 0.154 e. The predicted octanol–water partition coefficient (Wildman–Crippen LogP) is 4.18. The van der Waals surface area contributed by atoms with E-state index in [1.807, 2.05) is 11.4 Å². The molecule has 1 heterocycles. The number of hydrogen-bond acceptors (Lipinski definition) is 4. The lowest BCUT2D eigenvalue weighted by atomic mass is 10.2. The Morgan fingerprint density at radius 3 is 2.95 bits per heavy atom. The standard InChI is InChI=1S/C14H17FN2S2/c1-10(2)8-16-9-11-12(15)4-3-5-13(11)19-14-17-6-7-18-14/h3-7,10,16H,8-9H2,1-2H3. The lowest BCUT2D eigenvalue weighted by Gasteiger charge is -2.11. The highest BCUT2D eigenvalue weighted by atomic mass is 32.2. The molecule has 0 spiro atoms. The second kappa shape index (κ2) is 7.03. The fraction of sp³-hybridized carbons (Fsp3) is 0.357. The number of hydrogen-bond donors (Lipinski definition) is 1. The monoisotopic (exact) mass is 296 g/mol. The van der Waals surface area contributed by atoms with Crippen LogP contribution >= 0.6 is 23.1 Å². The van der Waals surface area contributed by atoms with E-state index < -0.39 is 0 Å². The smallest absolute Gasteiger partial charge is 0.154 e. The molecule has 2 rings (SSSR count). The van der Waals surface area contributed by atoms with Crippen LogP contribution in [-0.4, -0.2) is 11.5 Å². The minimum Gasteiger partial charge on any atom is -0.312 e. The second-order valence-electron chi connectivity index (χ2n) is 4.64. The van der Waals surface area contributed by atoms with Crippen molar-refractivity contribution in [3.05, 3.63) is 41.2 Å². The fourth-order valence-electron chi connectivity index (χ4n) is 1.65. The van der Waals surface area contributed by atoms with E-state index in [1.54, 1.807) is 23.6 Å². The highest BCUT2D eigenvalue weighted by molar-refractivity contribution is 8.01. The molecule has 0 aliphatic rings. The summed E-state index contributed by atoms with van der Waals surface area (Å²) in [6.07, 6.45) is 1.77. The van der Waals surface area contributed by atoms with Crippen molar-refractivity contribution in [2.75, 3.05) is 6.54 Å². The molecule has 1 aromatic heterocycles. The summed E-state index contributed by atoms with van der Waals surface area (Å²) in [4.78, 5) is 5.17. The van der Waals surface area contributed by atoms with Crippen molar-refractivity contribution >= 4 is 23.1 Å². The topological polar surface area (TPSA) is 24.9 Å². The second-order valence-corrected chi connectivity index (χ2v) is 6.82. The molecule has 0 unspecified atom stereocenters. The van der Waals surface area contributed by atoms with Gasteiger partial charge in [0.25, 0.3) is 0 Å². The van der Waals surface area contributed by atoms with Crippen LogP contribution in [-0.2, 0) is 6.54 Å². The zero-order valence-corrected chi connectivity index (χ0v) is 12.7. The first-order valence-electron chi connectivity index (χ1n) is 6.22. The van der Waals surface area contributed by atoms with Crippen molar-refractivity contribution in [1.82, 2.24) is 10.3 Å². The number of aromatic nitrogens is 1. The summed E-state index contributed by atoms with van der Waals surface area (Å²) < 4.78 is 14.9. The maximum atomic E-state index is 13.9. The normalized spacial score (nSPS) is 11.2. The van der Waals surface area contributed by atoms with Crippen molar-refractivity contribution in [1.29, 1.82) is 0 Å². The molecule has 0 amide bonds. The van der Waals surface area contributed by atoms with Crippen molar-refractivity contribution in [2.45, 2.75) is 29.6 Å². The molecule has 0 aliphatic carbocycles. The van der Waals surface area contributed by atoms with Gasteiger partial charge in [0.05, 0.1) is 0 Å². The van der Waals surface area contributed by atoms with Crippen LogP contribution in [0.3, 0.4) is 0 Å². The van der Waals surface area contributed by atoms with Gasteiger partial charge in [0.15, 0.2) is 4.34 Å². The predicted molar refractivity (Wildman–Crippen MR) is 79.2 cm³/mol. The van der Waals surface area contributed by atoms with Gasteiger partial charge >= 0.3 is 0 Å². The summed E-state index contributed by atoms with van der Waals surface area (Å²) in [6.45, 7) is 5.72. The highest BCUT2D eigenvalue weighted by Gasteiger charge is 2.10. The lowest BCUT2D eigenvalue weighted by molar-refractivity contribution is 0.530. The van der Waals surface area contributed by atoms with E-state index in [1.165, 1.54) is 17.8 Å².